The van der Waals surface area contributed by atoms with E-state index in [1.807, 2.05) is 17.9 Å². The van der Waals surface area contributed by atoms with Crippen molar-refractivity contribution in [2.24, 2.45) is 0 Å². The van der Waals surface area contributed by atoms with E-state index in [1.165, 1.54) is 0 Å². The second kappa shape index (κ2) is 9.72. The minimum atomic E-state index is 0.0322. The lowest BCUT2D eigenvalue weighted by Gasteiger charge is -2.22. The molecule has 0 fully saturated rings. The predicted molar refractivity (Wildman–Crippen MR) is 93.0 cm³/mol. The Morgan fingerprint density at radius 1 is 1.14 bits per heavy atom. The molecule has 0 unspecified atom stereocenters. The van der Waals surface area contributed by atoms with Crippen molar-refractivity contribution in [1.29, 1.82) is 0 Å². The Hall–Kier alpha value is -1.23. The van der Waals surface area contributed by atoms with Gasteiger partial charge in [-0.2, -0.15) is 0 Å². The van der Waals surface area contributed by atoms with Crippen molar-refractivity contribution < 1.29 is 14.3 Å². The first-order valence-electron chi connectivity index (χ1n) is 7.88. The average Bonchev–Trinajstić information content (AvgIpc) is 2.52. The van der Waals surface area contributed by atoms with Crippen LogP contribution >= 0.6 is 15.9 Å². The molecule has 0 bridgehead atoms. The molecular formula is C17H26BrNO3. The van der Waals surface area contributed by atoms with Gasteiger partial charge >= 0.3 is 0 Å². The van der Waals surface area contributed by atoms with Gasteiger partial charge in [-0.1, -0.05) is 20.8 Å². The number of amides is 1. The zero-order valence-electron chi connectivity index (χ0n) is 13.9. The molecule has 1 rings (SSSR count). The molecule has 0 radical (unpaired) electrons. The number of rotatable bonds is 9. The molecule has 1 aromatic rings. The number of methoxy groups -OCH3 is 1. The molecule has 22 heavy (non-hydrogen) atoms. The van der Waals surface area contributed by atoms with E-state index in [0.29, 0.717) is 23.7 Å². The summed E-state index contributed by atoms with van der Waals surface area (Å²) in [7, 11) is 1.59. The van der Waals surface area contributed by atoms with Crippen LogP contribution in [0.1, 0.15) is 50.4 Å². The number of carbonyl (C=O) groups excluding carboxylic acids is 1. The number of hydrogen-bond donors (Lipinski definition) is 0. The second-order valence-electron chi connectivity index (χ2n) is 5.13. The number of ether oxygens (including phenoxy) is 2. The first-order valence-corrected chi connectivity index (χ1v) is 8.67. The molecule has 1 amide bonds. The van der Waals surface area contributed by atoms with Crippen molar-refractivity contribution in [3.05, 3.63) is 22.2 Å². The number of benzene rings is 1. The normalized spacial score (nSPS) is 10.4. The summed E-state index contributed by atoms with van der Waals surface area (Å²) in [5.41, 5.74) is 0.620. The van der Waals surface area contributed by atoms with E-state index in [2.05, 4.69) is 29.8 Å². The summed E-state index contributed by atoms with van der Waals surface area (Å²) >= 11 is 3.49. The fraction of sp³-hybridized carbons (Fsp3) is 0.588. The number of hydrogen-bond acceptors (Lipinski definition) is 3. The van der Waals surface area contributed by atoms with Crippen LogP contribution in [0.3, 0.4) is 0 Å². The van der Waals surface area contributed by atoms with E-state index in [-0.39, 0.29) is 5.91 Å². The number of nitrogens with zero attached hydrogens (tertiary/aromatic N) is 1. The fourth-order valence-corrected chi connectivity index (χ4v) is 2.78. The summed E-state index contributed by atoms with van der Waals surface area (Å²) in [5.74, 6) is 1.27. The van der Waals surface area contributed by atoms with Crippen molar-refractivity contribution >= 4 is 21.8 Å². The summed E-state index contributed by atoms with van der Waals surface area (Å²) in [4.78, 5) is 14.6. The third-order valence-electron chi connectivity index (χ3n) is 3.20. The summed E-state index contributed by atoms with van der Waals surface area (Å²) in [6, 6.07) is 3.57. The lowest BCUT2D eigenvalue weighted by molar-refractivity contribution is 0.0755. The highest BCUT2D eigenvalue weighted by atomic mass is 79.9. The van der Waals surface area contributed by atoms with E-state index < -0.39 is 0 Å². The SMILES string of the molecule is CCCOc1c(Br)cc(C(=O)N(CCC)CCC)cc1OC. The maximum absolute atomic E-state index is 12.7. The maximum atomic E-state index is 12.7. The van der Waals surface area contributed by atoms with E-state index in [0.717, 1.165) is 36.8 Å². The van der Waals surface area contributed by atoms with Crippen LogP contribution in [-0.2, 0) is 0 Å². The van der Waals surface area contributed by atoms with Gasteiger partial charge < -0.3 is 14.4 Å². The average molecular weight is 372 g/mol. The summed E-state index contributed by atoms with van der Waals surface area (Å²) in [5, 5.41) is 0. The van der Waals surface area contributed by atoms with Gasteiger partial charge in [0.15, 0.2) is 11.5 Å². The Kier molecular flexibility index (Phi) is 8.31. The van der Waals surface area contributed by atoms with Crippen molar-refractivity contribution in [2.75, 3.05) is 26.8 Å². The molecule has 0 saturated carbocycles. The van der Waals surface area contributed by atoms with Gasteiger partial charge in [0.05, 0.1) is 18.2 Å². The predicted octanol–water partition coefficient (Wildman–Crippen LogP) is 4.51. The van der Waals surface area contributed by atoms with Crippen molar-refractivity contribution in [2.45, 2.75) is 40.0 Å². The zero-order valence-corrected chi connectivity index (χ0v) is 15.5. The van der Waals surface area contributed by atoms with Gasteiger partial charge in [0.1, 0.15) is 0 Å². The minimum Gasteiger partial charge on any atom is -0.493 e. The van der Waals surface area contributed by atoms with Crippen molar-refractivity contribution in [1.82, 2.24) is 4.90 Å². The molecule has 4 nitrogen and oxygen atoms in total. The van der Waals surface area contributed by atoms with Gasteiger partial charge in [-0.15, -0.1) is 0 Å². The first-order chi connectivity index (χ1) is 10.6. The molecule has 0 spiro atoms. The third-order valence-corrected chi connectivity index (χ3v) is 3.79. The summed E-state index contributed by atoms with van der Waals surface area (Å²) in [6.07, 6.45) is 2.81. The first kappa shape index (κ1) is 18.8. The largest absolute Gasteiger partial charge is 0.493 e. The van der Waals surface area contributed by atoms with E-state index in [1.54, 1.807) is 13.2 Å². The lowest BCUT2D eigenvalue weighted by atomic mass is 10.1. The lowest BCUT2D eigenvalue weighted by Crippen LogP contribution is -2.32. The van der Waals surface area contributed by atoms with E-state index >= 15 is 0 Å². The van der Waals surface area contributed by atoms with Gasteiger partial charge in [-0.05, 0) is 47.3 Å². The molecule has 0 heterocycles. The number of carbonyl (C=O) groups is 1. The molecule has 0 aliphatic heterocycles. The number of halogens is 1. The minimum absolute atomic E-state index is 0.0322. The molecule has 0 atom stereocenters. The van der Waals surface area contributed by atoms with Gasteiger partial charge in [-0.3, -0.25) is 4.79 Å². The Morgan fingerprint density at radius 3 is 2.27 bits per heavy atom. The highest BCUT2D eigenvalue weighted by Gasteiger charge is 2.19. The Morgan fingerprint density at radius 2 is 1.77 bits per heavy atom. The molecule has 124 valence electrons. The van der Waals surface area contributed by atoms with Gasteiger partial charge in [0, 0.05) is 18.7 Å². The highest BCUT2D eigenvalue weighted by Crippen LogP contribution is 2.37. The Labute approximate surface area is 141 Å². The fourth-order valence-electron chi connectivity index (χ4n) is 2.22. The molecular weight excluding hydrogens is 346 g/mol. The maximum Gasteiger partial charge on any atom is 0.254 e. The third kappa shape index (κ3) is 4.90. The van der Waals surface area contributed by atoms with Crippen LogP contribution in [0.25, 0.3) is 0 Å². The van der Waals surface area contributed by atoms with Crippen LogP contribution < -0.4 is 9.47 Å². The zero-order chi connectivity index (χ0) is 16.5. The molecule has 0 saturated heterocycles. The van der Waals surface area contributed by atoms with Gasteiger partial charge in [0.2, 0.25) is 0 Å². The molecule has 0 aliphatic carbocycles. The van der Waals surface area contributed by atoms with Crippen LogP contribution in [0.15, 0.2) is 16.6 Å². The monoisotopic (exact) mass is 371 g/mol. The smallest absolute Gasteiger partial charge is 0.254 e. The van der Waals surface area contributed by atoms with Gasteiger partial charge in [-0.25, -0.2) is 0 Å². The standard InChI is InChI=1S/C17H26BrNO3/c1-5-8-19(9-6-2)17(20)13-11-14(18)16(22-10-7-3)15(12-13)21-4/h11-12H,5-10H2,1-4H3. The quantitative estimate of drug-likeness (QED) is 0.640. The summed E-state index contributed by atoms with van der Waals surface area (Å²) in [6.45, 7) is 8.34. The van der Waals surface area contributed by atoms with Crippen molar-refractivity contribution in [3.63, 3.8) is 0 Å². The molecule has 0 aromatic heterocycles. The van der Waals surface area contributed by atoms with Crippen molar-refractivity contribution in [3.8, 4) is 11.5 Å². The van der Waals surface area contributed by atoms with Crippen LogP contribution in [0.5, 0.6) is 11.5 Å². The highest BCUT2D eigenvalue weighted by molar-refractivity contribution is 9.10. The molecule has 0 aliphatic rings. The van der Waals surface area contributed by atoms with Crippen LogP contribution in [0.2, 0.25) is 0 Å². The van der Waals surface area contributed by atoms with Gasteiger partial charge in [0.25, 0.3) is 5.91 Å². The topological polar surface area (TPSA) is 38.8 Å². The Balaban J connectivity index is 3.09. The Bertz CT molecular complexity index is 485. The summed E-state index contributed by atoms with van der Waals surface area (Å²) < 4.78 is 11.8. The van der Waals surface area contributed by atoms with Crippen LogP contribution in [-0.4, -0.2) is 37.6 Å². The second-order valence-corrected chi connectivity index (χ2v) is 5.98. The van der Waals surface area contributed by atoms with E-state index in [9.17, 15) is 4.79 Å². The van der Waals surface area contributed by atoms with E-state index in [4.69, 9.17) is 9.47 Å². The molecule has 5 heteroatoms. The van der Waals surface area contributed by atoms with Crippen LogP contribution in [0.4, 0.5) is 0 Å². The van der Waals surface area contributed by atoms with Crippen LogP contribution in [0, 0.1) is 0 Å². The molecule has 1 aromatic carbocycles. The molecule has 0 N–H and O–H groups in total.